The van der Waals surface area contributed by atoms with Gasteiger partial charge in [0.15, 0.2) is 6.10 Å². The van der Waals surface area contributed by atoms with Crippen molar-refractivity contribution in [1.29, 1.82) is 0 Å². The van der Waals surface area contributed by atoms with Crippen LogP contribution in [0.2, 0.25) is 0 Å². The van der Waals surface area contributed by atoms with E-state index >= 15 is 0 Å². The number of rotatable bonds is 7. The molecular formula is C21H20FNO3. The Kier molecular flexibility index (Phi) is 5.69. The molecule has 26 heavy (non-hydrogen) atoms. The molecule has 5 heteroatoms. The summed E-state index contributed by atoms with van der Waals surface area (Å²) in [4.78, 5) is 12.2. The second-order valence-corrected chi connectivity index (χ2v) is 5.83. The van der Waals surface area contributed by atoms with Crippen LogP contribution in [0.1, 0.15) is 6.92 Å². The van der Waals surface area contributed by atoms with Gasteiger partial charge < -0.3 is 14.8 Å². The zero-order valence-electron chi connectivity index (χ0n) is 14.4. The lowest BCUT2D eigenvalue weighted by Gasteiger charge is -2.16. The SMILES string of the molecule is C[C@H](Oc1cccc2ccccc12)C(=O)NCCOc1ccc(F)cc1. The second kappa shape index (κ2) is 8.34. The summed E-state index contributed by atoms with van der Waals surface area (Å²) in [6.07, 6.45) is -0.633. The van der Waals surface area contributed by atoms with Gasteiger partial charge in [-0.05, 0) is 42.6 Å². The number of carbonyl (C=O) groups excluding carboxylic acids is 1. The van der Waals surface area contributed by atoms with Crippen molar-refractivity contribution in [3.63, 3.8) is 0 Å². The molecule has 3 rings (SSSR count). The predicted molar refractivity (Wildman–Crippen MR) is 98.9 cm³/mol. The highest BCUT2D eigenvalue weighted by Crippen LogP contribution is 2.26. The first-order valence-electron chi connectivity index (χ1n) is 8.44. The lowest BCUT2D eigenvalue weighted by molar-refractivity contribution is -0.127. The molecule has 1 N–H and O–H groups in total. The van der Waals surface area contributed by atoms with E-state index in [1.807, 2.05) is 42.5 Å². The van der Waals surface area contributed by atoms with Crippen LogP contribution >= 0.6 is 0 Å². The normalized spacial score (nSPS) is 11.8. The van der Waals surface area contributed by atoms with Crippen LogP contribution in [-0.2, 0) is 4.79 Å². The van der Waals surface area contributed by atoms with E-state index in [2.05, 4.69) is 5.32 Å². The van der Waals surface area contributed by atoms with Crippen molar-refractivity contribution in [2.24, 2.45) is 0 Å². The van der Waals surface area contributed by atoms with E-state index in [9.17, 15) is 9.18 Å². The molecule has 0 aromatic heterocycles. The van der Waals surface area contributed by atoms with Crippen molar-refractivity contribution >= 4 is 16.7 Å². The molecule has 0 fully saturated rings. The summed E-state index contributed by atoms with van der Waals surface area (Å²) in [5.74, 6) is 0.694. The molecule has 0 unspecified atom stereocenters. The second-order valence-electron chi connectivity index (χ2n) is 5.83. The molecule has 0 aliphatic heterocycles. The van der Waals surface area contributed by atoms with Gasteiger partial charge in [-0.15, -0.1) is 0 Å². The van der Waals surface area contributed by atoms with Crippen LogP contribution in [0, 0.1) is 5.82 Å². The first-order chi connectivity index (χ1) is 12.6. The molecule has 0 saturated heterocycles. The van der Waals surface area contributed by atoms with Gasteiger partial charge in [-0.3, -0.25) is 4.79 Å². The Labute approximate surface area is 151 Å². The van der Waals surface area contributed by atoms with Gasteiger partial charge in [-0.2, -0.15) is 0 Å². The lowest BCUT2D eigenvalue weighted by Crippen LogP contribution is -2.38. The minimum absolute atomic E-state index is 0.222. The van der Waals surface area contributed by atoms with Crippen LogP contribution in [0.5, 0.6) is 11.5 Å². The van der Waals surface area contributed by atoms with Crippen LogP contribution < -0.4 is 14.8 Å². The van der Waals surface area contributed by atoms with Gasteiger partial charge in [0.05, 0.1) is 6.54 Å². The third kappa shape index (κ3) is 4.51. The van der Waals surface area contributed by atoms with E-state index in [1.165, 1.54) is 12.1 Å². The van der Waals surface area contributed by atoms with Crippen LogP contribution in [-0.4, -0.2) is 25.2 Å². The fourth-order valence-electron chi connectivity index (χ4n) is 2.56. The van der Waals surface area contributed by atoms with Crippen molar-refractivity contribution < 1.29 is 18.7 Å². The zero-order valence-corrected chi connectivity index (χ0v) is 14.4. The quantitative estimate of drug-likeness (QED) is 0.655. The number of ether oxygens (including phenoxy) is 2. The van der Waals surface area contributed by atoms with E-state index in [0.717, 1.165) is 10.8 Å². The zero-order chi connectivity index (χ0) is 18.4. The number of benzene rings is 3. The Bertz CT molecular complexity index is 875. The molecule has 0 aliphatic rings. The Hall–Kier alpha value is -3.08. The van der Waals surface area contributed by atoms with Gasteiger partial charge in [0, 0.05) is 5.39 Å². The Balaban J connectivity index is 1.49. The van der Waals surface area contributed by atoms with E-state index in [4.69, 9.17) is 9.47 Å². The maximum Gasteiger partial charge on any atom is 0.260 e. The van der Waals surface area contributed by atoms with Crippen molar-refractivity contribution in [3.05, 3.63) is 72.5 Å². The van der Waals surface area contributed by atoms with E-state index in [-0.39, 0.29) is 11.7 Å². The fourth-order valence-corrected chi connectivity index (χ4v) is 2.56. The van der Waals surface area contributed by atoms with Crippen molar-refractivity contribution in [2.45, 2.75) is 13.0 Å². The minimum Gasteiger partial charge on any atom is -0.492 e. The average Bonchev–Trinajstić information content (AvgIpc) is 2.66. The highest BCUT2D eigenvalue weighted by Gasteiger charge is 2.15. The highest BCUT2D eigenvalue weighted by molar-refractivity contribution is 5.89. The van der Waals surface area contributed by atoms with Gasteiger partial charge in [-0.25, -0.2) is 4.39 Å². The molecule has 0 spiro atoms. The maximum atomic E-state index is 12.8. The summed E-state index contributed by atoms with van der Waals surface area (Å²) in [5, 5.41) is 4.80. The molecule has 1 atom stereocenters. The van der Waals surface area contributed by atoms with E-state index in [1.54, 1.807) is 19.1 Å². The molecule has 3 aromatic rings. The van der Waals surface area contributed by atoms with Crippen LogP contribution in [0.3, 0.4) is 0 Å². The first kappa shape index (κ1) is 17.7. The number of hydrogen-bond acceptors (Lipinski definition) is 3. The summed E-state index contributed by atoms with van der Waals surface area (Å²) in [7, 11) is 0. The Morgan fingerprint density at radius 1 is 1.04 bits per heavy atom. The average molecular weight is 353 g/mol. The Morgan fingerprint density at radius 2 is 1.77 bits per heavy atom. The van der Waals surface area contributed by atoms with E-state index < -0.39 is 6.10 Å². The maximum absolute atomic E-state index is 12.8. The number of fused-ring (bicyclic) bond motifs is 1. The number of carbonyl (C=O) groups is 1. The van der Waals surface area contributed by atoms with Crippen molar-refractivity contribution in [3.8, 4) is 11.5 Å². The largest absolute Gasteiger partial charge is 0.492 e. The monoisotopic (exact) mass is 353 g/mol. The molecule has 1 amide bonds. The number of amides is 1. The molecule has 4 nitrogen and oxygen atoms in total. The smallest absolute Gasteiger partial charge is 0.260 e. The first-order valence-corrected chi connectivity index (χ1v) is 8.44. The highest BCUT2D eigenvalue weighted by atomic mass is 19.1. The summed E-state index contributed by atoms with van der Waals surface area (Å²) >= 11 is 0. The lowest BCUT2D eigenvalue weighted by atomic mass is 10.1. The molecule has 3 aromatic carbocycles. The molecular weight excluding hydrogens is 333 g/mol. The van der Waals surface area contributed by atoms with Crippen LogP contribution in [0.15, 0.2) is 66.7 Å². The van der Waals surface area contributed by atoms with E-state index in [0.29, 0.717) is 24.7 Å². The fraction of sp³-hybridized carbons (Fsp3) is 0.190. The molecule has 0 heterocycles. The number of nitrogens with one attached hydrogen (secondary N) is 1. The summed E-state index contributed by atoms with van der Waals surface area (Å²) in [5.41, 5.74) is 0. The summed E-state index contributed by atoms with van der Waals surface area (Å²) in [6.45, 7) is 2.33. The van der Waals surface area contributed by atoms with Crippen LogP contribution in [0.4, 0.5) is 4.39 Å². The summed E-state index contributed by atoms with van der Waals surface area (Å²) in [6, 6.07) is 19.4. The van der Waals surface area contributed by atoms with Gasteiger partial charge in [0.2, 0.25) is 0 Å². The van der Waals surface area contributed by atoms with Crippen molar-refractivity contribution in [2.75, 3.05) is 13.2 Å². The number of halogens is 1. The van der Waals surface area contributed by atoms with Gasteiger partial charge in [0.1, 0.15) is 23.9 Å². The van der Waals surface area contributed by atoms with Gasteiger partial charge in [0.25, 0.3) is 5.91 Å². The molecule has 0 saturated carbocycles. The van der Waals surface area contributed by atoms with Crippen LogP contribution in [0.25, 0.3) is 10.8 Å². The standard InChI is InChI=1S/C21H20FNO3/c1-15(26-20-8-4-6-16-5-2-3-7-19(16)20)21(24)23-13-14-25-18-11-9-17(22)10-12-18/h2-12,15H,13-14H2,1H3,(H,23,24)/t15-/m0/s1. The third-order valence-corrected chi connectivity index (χ3v) is 3.91. The third-order valence-electron chi connectivity index (χ3n) is 3.91. The molecule has 0 aliphatic carbocycles. The summed E-state index contributed by atoms with van der Waals surface area (Å²) < 4.78 is 24.1. The molecule has 134 valence electrons. The minimum atomic E-state index is -0.633. The number of hydrogen-bond donors (Lipinski definition) is 1. The van der Waals surface area contributed by atoms with Crippen molar-refractivity contribution in [1.82, 2.24) is 5.32 Å². The topological polar surface area (TPSA) is 47.6 Å². The molecule has 0 bridgehead atoms. The van der Waals surface area contributed by atoms with Gasteiger partial charge in [-0.1, -0.05) is 36.4 Å². The van der Waals surface area contributed by atoms with Gasteiger partial charge >= 0.3 is 0 Å². The predicted octanol–water partition coefficient (Wildman–Crippen LogP) is 3.94. The molecule has 0 radical (unpaired) electrons. The Morgan fingerprint density at radius 3 is 2.58 bits per heavy atom.